The number of hydroxylamine groups is 1. The van der Waals surface area contributed by atoms with E-state index in [2.05, 4.69) is 5.48 Å². The van der Waals surface area contributed by atoms with Gasteiger partial charge in [0.25, 0.3) is 15.9 Å². The van der Waals surface area contributed by atoms with Crippen molar-refractivity contribution in [1.29, 1.82) is 0 Å². The summed E-state index contributed by atoms with van der Waals surface area (Å²) < 4.78 is 65.3. The van der Waals surface area contributed by atoms with Gasteiger partial charge < -0.3 is 0 Å². The van der Waals surface area contributed by atoms with Crippen molar-refractivity contribution < 1.29 is 31.2 Å². The number of rotatable bonds is 6. The van der Waals surface area contributed by atoms with Gasteiger partial charge in [0.1, 0.15) is 0 Å². The van der Waals surface area contributed by atoms with Crippen LogP contribution in [0.3, 0.4) is 0 Å². The average Bonchev–Trinajstić information content (AvgIpc) is 2.59. The molecule has 0 bridgehead atoms. The lowest BCUT2D eigenvalue weighted by molar-refractivity contribution is -0.137. The number of anilines is 1. The Morgan fingerprint density at radius 3 is 2.52 bits per heavy atom. The summed E-state index contributed by atoms with van der Waals surface area (Å²) >= 11 is 5.89. The largest absolute Gasteiger partial charge is 0.416 e. The van der Waals surface area contributed by atoms with Crippen LogP contribution in [0.5, 0.6) is 0 Å². The molecule has 0 radical (unpaired) electrons. The molecule has 0 atom stereocenters. The van der Waals surface area contributed by atoms with Crippen molar-refractivity contribution in [2.24, 2.45) is 0 Å². The molecule has 0 saturated carbocycles. The van der Waals surface area contributed by atoms with E-state index in [-0.39, 0.29) is 27.8 Å². The van der Waals surface area contributed by atoms with E-state index in [1.807, 2.05) is 4.72 Å². The number of nitrogens with one attached hydrogen (secondary N) is 2. The summed E-state index contributed by atoms with van der Waals surface area (Å²) in [5.74, 6) is -0.766. The van der Waals surface area contributed by atoms with E-state index in [0.29, 0.717) is 6.07 Å². The highest BCUT2D eigenvalue weighted by molar-refractivity contribution is 7.92. The molecule has 146 valence electrons. The first kappa shape index (κ1) is 21.0. The molecule has 2 aromatic carbocycles. The van der Waals surface area contributed by atoms with Crippen LogP contribution in [0, 0.1) is 0 Å². The van der Waals surface area contributed by atoms with Gasteiger partial charge in [0.05, 0.1) is 27.7 Å². The van der Waals surface area contributed by atoms with Crippen molar-refractivity contribution in [2.75, 3.05) is 11.3 Å². The molecule has 6 nitrogen and oxygen atoms in total. The third kappa shape index (κ3) is 5.34. The Kier molecular flexibility index (Phi) is 6.34. The summed E-state index contributed by atoms with van der Waals surface area (Å²) in [5, 5.41) is -0.0229. The molecule has 0 aromatic heterocycles. The molecule has 0 aliphatic heterocycles. The second-order valence-corrected chi connectivity index (χ2v) is 7.28. The van der Waals surface area contributed by atoms with Gasteiger partial charge in [0.15, 0.2) is 0 Å². The fourth-order valence-corrected chi connectivity index (χ4v) is 3.29. The van der Waals surface area contributed by atoms with Crippen molar-refractivity contribution in [2.45, 2.75) is 18.0 Å². The van der Waals surface area contributed by atoms with E-state index in [1.165, 1.54) is 12.1 Å². The molecule has 0 fully saturated rings. The minimum atomic E-state index is -4.62. The molecular weight excluding hydrogens is 409 g/mol. The molecule has 0 spiro atoms. The van der Waals surface area contributed by atoms with Crippen molar-refractivity contribution in [3.05, 3.63) is 58.6 Å². The van der Waals surface area contributed by atoms with Crippen LogP contribution in [0.2, 0.25) is 5.02 Å². The predicted octanol–water partition coefficient (Wildman–Crippen LogP) is 3.84. The molecule has 27 heavy (non-hydrogen) atoms. The minimum absolute atomic E-state index is 0.0229. The van der Waals surface area contributed by atoms with Gasteiger partial charge in [0, 0.05) is 5.69 Å². The van der Waals surface area contributed by atoms with E-state index in [9.17, 15) is 26.4 Å². The van der Waals surface area contributed by atoms with Gasteiger partial charge in [-0.05, 0) is 43.3 Å². The molecule has 2 rings (SSSR count). The van der Waals surface area contributed by atoms with Gasteiger partial charge in [-0.1, -0.05) is 17.7 Å². The fourth-order valence-electron chi connectivity index (χ4n) is 2.01. The first-order valence-corrected chi connectivity index (χ1v) is 9.32. The van der Waals surface area contributed by atoms with Gasteiger partial charge >= 0.3 is 6.18 Å². The maximum absolute atomic E-state index is 12.8. The lowest BCUT2D eigenvalue weighted by Crippen LogP contribution is -2.24. The van der Waals surface area contributed by atoms with Gasteiger partial charge in [-0.2, -0.15) is 13.2 Å². The normalized spacial score (nSPS) is 11.9. The number of carbonyl (C=O) groups is 1. The Bertz CT molecular complexity index is 949. The van der Waals surface area contributed by atoms with Gasteiger partial charge in [-0.15, -0.1) is 0 Å². The number of benzene rings is 2. The number of carbonyl (C=O) groups excluding carboxylic acids is 1. The molecule has 0 unspecified atom stereocenters. The summed E-state index contributed by atoms with van der Waals surface area (Å²) in [6.07, 6.45) is -4.62. The minimum Gasteiger partial charge on any atom is -0.280 e. The van der Waals surface area contributed by atoms with E-state index in [0.717, 1.165) is 24.3 Å². The highest BCUT2D eigenvalue weighted by Crippen LogP contribution is 2.31. The Hall–Kier alpha value is -2.30. The van der Waals surface area contributed by atoms with Crippen LogP contribution in [-0.4, -0.2) is 20.9 Å². The average molecular weight is 423 g/mol. The quantitative estimate of drug-likeness (QED) is 0.693. The van der Waals surface area contributed by atoms with Gasteiger partial charge in [-0.3, -0.25) is 14.4 Å². The second kappa shape index (κ2) is 8.15. The third-order valence-electron chi connectivity index (χ3n) is 3.24. The van der Waals surface area contributed by atoms with Crippen molar-refractivity contribution >= 4 is 33.2 Å². The van der Waals surface area contributed by atoms with Crippen LogP contribution in [0.4, 0.5) is 18.9 Å². The van der Waals surface area contributed by atoms with Crippen molar-refractivity contribution in [3.8, 4) is 0 Å². The lowest BCUT2D eigenvalue weighted by Gasteiger charge is -2.12. The van der Waals surface area contributed by atoms with Gasteiger partial charge in [0.2, 0.25) is 0 Å². The predicted molar refractivity (Wildman–Crippen MR) is 92.8 cm³/mol. The molecule has 11 heteroatoms. The smallest absolute Gasteiger partial charge is 0.280 e. The highest BCUT2D eigenvalue weighted by Gasteiger charge is 2.30. The summed E-state index contributed by atoms with van der Waals surface area (Å²) in [6, 6.07) is 7.02. The highest BCUT2D eigenvalue weighted by atomic mass is 35.5. The fraction of sp³-hybridized carbons (Fsp3) is 0.188. The number of hydrogen-bond acceptors (Lipinski definition) is 4. The molecule has 0 saturated heterocycles. The lowest BCUT2D eigenvalue weighted by atomic mass is 10.2. The van der Waals surface area contributed by atoms with Crippen LogP contribution >= 0.6 is 11.6 Å². The number of halogens is 4. The Morgan fingerprint density at radius 2 is 1.89 bits per heavy atom. The van der Waals surface area contributed by atoms with Crippen molar-refractivity contribution in [1.82, 2.24) is 5.48 Å². The first-order chi connectivity index (χ1) is 12.5. The second-order valence-electron chi connectivity index (χ2n) is 5.19. The van der Waals surface area contributed by atoms with E-state index in [1.54, 1.807) is 6.92 Å². The zero-order valence-electron chi connectivity index (χ0n) is 13.8. The molecule has 2 N–H and O–H groups in total. The van der Waals surface area contributed by atoms with Crippen LogP contribution in [0.25, 0.3) is 0 Å². The summed E-state index contributed by atoms with van der Waals surface area (Å²) in [7, 11) is -4.27. The number of alkyl halides is 3. The van der Waals surface area contributed by atoms with Crippen LogP contribution < -0.4 is 10.2 Å². The monoisotopic (exact) mass is 422 g/mol. The summed E-state index contributed by atoms with van der Waals surface area (Å²) in [5.41, 5.74) is 0.627. The number of amides is 1. The topological polar surface area (TPSA) is 84.5 Å². The summed E-state index contributed by atoms with van der Waals surface area (Å²) in [4.78, 5) is 16.3. The zero-order chi connectivity index (χ0) is 20.2. The molecular formula is C16H14ClF3N2O4S. The molecule has 1 amide bonds. The van der Waals surface area contributed by atoms with Crippen LogP contribution in [0.1, 0.15) is 22.8 Å². The zero-order valence-corrected chi connectivity index (χ0v) is 15.4. The third-order valence-corrected chi connectivity index (χ3v) is 4.95. The van der Waals surface area contributed by atoms with Crippen molar-refractivity contribution in [3.63, 3.8) is 0 Å². The SMILES string of the molecule is CCONC(=O)c1cc(S(=O)(=O)Nc2cccc(C(F)(F)F)c2)ccc1Cl. The number of sulfonamides is 1. The van der Waals surface area contributed by atoms with Crippen LogP contribution in [-0.2, 0) is 21.0 Å². The molecule has 0 aliphatic carbocycles. The Balaban J connectivity index is 2.33. The van der Waals surface area contributed by atoms with Gasteiger partial charge in [-0.25, -0.2) is 13.9 Å². The first-order valence-electron chi connectivity index (χ1n) is 7.46. The van der Waals surface area contributed by atoms with E-state index < -0.39 is 27.7 Å². The van der Waals surface area contributed by atoms with E-state index >= 15 is 0 Å². The number of hydrogen-bond donors (Lipinski definition) is 2. The maximum Gasteiger partial charge on any atom is 0.416 e. The molecule has 0 aliphatic rings. The van der Waals surface area contributed by atoms with E-state index in [4.69, 9.17) is 16.4 Å². The maximum atomic E-state index is 12.8. The summed E-state index contributed by atoms with van der Waals surface area (Å²) in [6.45, 7) is 1.81. The Morgan fingerprint density at radius 1 is 1.19 bits per heavy atom. The molecule has 0 heterocycles. The Labute approximate surface area is 158 Å². The van der Waals surface area contributed by atoms with Crippen LogP contribution in [0.15, 0.2) is 47.4 Å². The molecule has 2 aromatic rings. The standard InChI is InChI=1S/C16H14ClF3N2O4S/c1-2-26-21-15(23)13-9-12(6-7-14(13)17)27(24,25)22-11-5-3-4-10(8-11)16(18,19)20/h3-9,22H,2H2,1H3,(H,21,23).